The van der Waals surface area contributed by atoms with Crippen LogP contribution in [0.3, 0.4) is 0 Å². The average molecular weight is 499 g/mol. The zero-order valence-corrected chi connectivity index (χ0v) is 20.5. The molecule has 1 heterocycles. The van der Waals surface area contributed by atoms with Crippen LogP contribution in [0.4, 0.5) is 5.69 Å². The number of nitrogens with two attached hydrogens (primary N) is 1. The summed E-state index contributed by atoms with van der Waals surface area (Å²) in [6.07, 6.45) is 2.33. The molecule has 0 spiro atoms. The minimum Gasteiger partial charge on any atom is -0.481 e. The lowest BCUT2D eigenvalue weighted by Gasteiger charge is -2.24. The molecular formula is C29H30N4O4. The third-order valence-corrected chi connectivity index (χ3v) is 6.54. The number of anilines is 1. The summed E-state index contributed by atoms with van der Waals surface area (Å²) in [6.45, 7) is 1.04. The van der Waals surface area contributed by atoms with Crippen molar-refractivity contribution in [2.45, 2.75) is 25.8 Å². The molecule has 1 atom stereocenters. The summed E-state index contributed by atoms with van der Waals surface area (Å²) >= 11 is 0. The molecule has 0 saturated heterocycles. The van der Waals surface area contributed by atoms with Crippen LogP contribution in [-0.2, 0) is 29.0 Å². The number of rotatable bonds is 10. The molecule has 0 aliphatic carbocycles. The first-order valence-electron chi connectivity index (χ1n) is 12.2. The smallest absolute Gasteiger partial charge is 0.304 e. The number of carbonyl (C=O) groups excluding carboxylic acids is 2. The molecular weight excluding hydrogens is 468 g/mol. The van der Waals surface area contributed by atoms with Gasteiger partial charge in [0.2, 0.25) is 5.91 Å². The monoisotopic (exact) mass is 498 g/mol. The molecule has 4 N–H and O–H groups in total. The van der Waals surface area contributed by atoms with Crippen LogP contribution >= 0.6 is 0 Å². The van der Waals surface area contributed by atoms with Crippen LogP contribution < -0.4 is 11.2 Å². The Labute approximate surface area is 215 Å². The fourth-order valence-corrected chi connectivity index (χ4v) is 4.57. The predicted octanol–water partition coefficient (Wildman–Crippen LogP) is 3.49. The van der Waals surface area contributed by atoms with Gasteiger partial charge in [-0.05, 0) is 47.2 Å². The largest absolute Gasteiger partial charge is 0.481 e. The molecule has 37 heavy (non-hydrogen) atoms. The Morgan fingerprint density at radius 1 is 1.05 bits per heavy atom. The van der Waals surface area contributed by atoms with Gasteiger partial charge in [-0.15, -0.1) is 0 Å². The molecule has 0 fully saturated rings. The number of ketones is 1. The van der Waals surface area contributed by atoms with Gasteiger partial charge < -0.3 is 21.2 Å². The maximum Gasteiger partial charge on any atom is 0.304 e. The van der Waals surface area contributed by atoms with E-state index in [1.165, 1.54) is 6.21 Å². The van der Waals surface area contributed by atoms with Crippen LogP contribution in [0.25, 0.3) is 0 Å². The first kappa shape index (κ1) is 25.6. The minimum absolute atomic E-state index is 0.0720. The van der Waals surface area contributed by atoms with E-state index in [9.17, 15) is 19.5 Å². The van der Waals surface area contributed by atoms with E-state index in [2.05, 4.69) is 10.4 Å². The maximum atomic E-state index is 13.3. The van der Waals surface area contributed by atoms with Crippen molar-refractivity contribution in [3.63, 3.8) is 0 Å². The number of nitrogens with one attached hydrogen (secondary N) is 1. The molecule has 0 saturated carbocycles. The van der Waals surface area contributed by atoms with E-state index >= 15 is 0 Å². The second kappa shape index (κ2) is 12.0. The summed E-state index contributed by atoms with van der Waals surface area (Å²) in [4.78, 5) is 39.2. The highest BCUT2D eigenvalue weighted by Crippen LogP contribution is 2.28. The topological polar surface area (TPSA) is 125 Å². The van der Waals surface area contributed by atoms with Crippen molar-refractivity contribution in [2.24, 2.45) is 16.9 Å². The van der Waals surface area contributed by atoms with E-state index in [4.69, 9.17) is 5.84 Å². The van der Waals surface area contributed by atoms with Gasteiger partial charge in [-0.3, -0.25) is 14.4 Å². The Balaban J connectivity index is 1.47. The fraction of sp³-hybridized carbons (Fsp3) is 0.241. The second-order valence-corrected chi connectivity index (χ2v) is 9.15. The molecule has 4 rings (SSSR count). The summed E-state index contributed by atoms with van der Waals surface area (Å²) in [7, 11) is 0. The van der Waals surface area contributed by atoms with Crippen molar-refractivity contribution in [1.29, 1.82) is 0 Å². The number of aliphatic carboxylic acids is 1. The van der Waals surface area contributed by atoms with Crippen molar-refractivity contribution in [3.8, 4) is 0 Å². The van der Waals surface area contributed by atoms with Crippen molar-refractivity contribution in [2.75, 3.05) is 18.4 Å². The Hall–Kier alpha value is -4.46. The molecule has 8 heteroatoms. The molecule has 3 aromatic rings. The van der Waals surface area contributed by atoms with Crippen molar-refractivity contribution in [3.05, 3.63) is 101 Å². The van der Waals surface area contributed by atoms with Crippen molar-refractivity contribution < 1.29 is 19.5 Å². The zero-order chi connectivity index (χ0) is 26.2. The SMILES string of the molecule is NN=Cc1ccc(C(=O)CNc2ccc3c(c2)CC(CC(=O)O)C(=O)N(CCc2ccccc2)C3)cc1. The van der Waals surface area contributed by atoms with Gasteiger partial charge in [-0.1, -0.05) is 60.7 Å². The summed E-state index contributed by atoms with van der Waals surface area (Å²) in [5, 5.41) is 16.1. The molecule has 0 bridgehead atoms. The lowest BCUT2D eigenvalue weighted by Crippen LogP contribution is -2.37. The molecule has 1 aliphatic heterocycles. The summed E-state index contributed by atoms with van der Waals surface area (Å²) in [5.41, 5.74) is 5.16. The number of carboxylic acid groups (broad SMARTS) is 1. The fourth-order valence-electron chi connectivity index (χ4n) is 4.57. The lowest BCUT2D eigenvalue weighted by atomic mass is 9.94. The van der Waals surface area contributed by atoms with Gasteiger partial charge in [0, 0.05) is 24.3 Å². The first-order chi connectivity index (χ1) is 17.9. The number of carbonyl (C=O) groups is 3. The van der Waals surface area contributed by atoms with E-state index in [0.29, 0.717) is 31.5 Å². The molecule has 3 aromatic carbocycles. The van der Waals surface area contributed by atoms with E-state index < -0.39 is 11.9 Å². The third kappa shape index (κ3) is 6.82. The van der Waals surface area contributed by atoms with Crippen molar-refractivity contribution in [1.82, 2.24) is 4.90 Å². The van der Waals surface area contributed by atoms with E-state index in [0.717, 1.165) is 27.9 Å². The predicted molar refractivity (Wildman–Crippen MR) is 142 cm³/mol. The number of hydrazone groups is 1. The van der Waals surface area contributed by atoms with Gasteiger partial charge in [-0.2, -0.15) is 5.10 Å². The number of hydrogen-bond donors (Lipinski definition) is 3. The Morgan fingerprint density at radius 3 is 2.51 bits per heavy atom. The summed E-state index contributed by atoms with van der Waals surface area (Å²) < 4.78 is 0. The molecule has 0 radical (unpaired) electrons. The lowest BCUT2D eigenvalue weighted by molar-refractivity contribution is -0.144. The third-order valence-electron chi connectivity index (χ3n) is 6.54. The normalized spacial score (nSPS) is 15.3. The second-order valence-electron chi connectivity index (χ2n) is 9.15. The van der Waals surface area contributed by atoms with Crippen LogP contribution in [0.5, 0.6) is 0 Å². The Bertz CT molecular complexity index is 1290. The molecule has 1 amide bonds. The number of Topliss-reactive ketones (excluding diaryl/α,β-unsaturated/α-hetero) is 1. The highest BCUT2D eigenvalue weighted by Gasteiger charge is 2.31. The molecule has 1 unspecified atom stereocenters. The van der Waals surface area contributed by atoms with Crippen LogP contribution in [0.2, 0.25) is 0 Å². The number of fused-ring (bicyclic) bond motifs is 1. The highest BCUT2D eigenvalue weighted by molar-refractivity contribution is 5.99. The van der Waals surface area contributed by atoms with Crippen LogP contribution in [-0.4, -0.2) is 47.0 Å². The van der Waals surface area contributed by atoms with Crippen LogP contribution in [0.15, 0.2) is 77.9 Å². The van der Waals surface area contributed by atoms with Gasteiger partial charge in [0.15, 0.2) is 5.78 Å². The average Bonchev–Trinajstić information content (AvgIpc) is 3.02. The van der Waals surface area contributed by atoms with E-state index in [1.54, 1.807) is 29.2 Å². The van der Waals surface area contributed by atoms with E-state index in [1.807, 2.05) is 48.5 Å². The van der Waals surface area contributed by atoms with Gasteiger partial charge in [0.25, 0.3) is 0 Å². The van der Waals surface area contributed by atoms with Gasteiger partial charge in [0.1, 0.15) is 0 Å². The molecule has 190 valence electrons. The van der Waals surface area contributed by atoms with Crippen LogP contribution in [0.1, 0.15) is 39.0 Å². The van der Waals surface area contributed by atoms with Gasteiger partial charge in [0.05, 0.1) is 25.1 Å². The zero-order valence-electron chi connectivity index (χ0n) is 20.5. The molecule has 1 aliphatic rings. The standard InChI is InChI=1S/C29H30N4O4/c30-32-17-21-6-8-22(9-7-21)27(34)18-31-26-11-10-23-19-33(13-12-20-4-2-1-3-5-20)29(37)25(16-28(35)36)14-24(23)15-26/h1-11,15,17,25,31H,12-14,16,18-19,30H2,(H,35,36). The van der Waals surface area contributed by atoms with Gasteiger partial charge in [-0.25, -0.2) is 0 Å². The minimum atomic E-state index is -0.992. The number of amides is 1. The summed E-state index contributed by atoms with van der Waals surface area (Å²) in [6, 6.07) is 22.7. The maximum absolute atomic E-state index is 13.3. The number of hydrogen-bond acceptors (Lipinski definition) is 6. The first-order valence-corrected chi connectivity index (χ1v) is 12.2. The molecule has 0 aromatic heterocycles. The quantitative estimate of drug-likeness (QED) is 0.170. The Morgan fingerprint density at radius 2 is 1.81 bits per heavy atom. The Kier molecular flexibility index (Phi) is 8.30. The van der Waals surface area contributed by atoms with Gasteiger partial charge >= 0.3 is 5.97 Å². The number of benzene rings is 3. The number of nitrogens with zero attached hydrogens (tertiary/aromatic N) is 2. The van der Waals surface area contributed by atoms with E-state index in [-0.39, 0.29) is 24.7 Å². The summed E-state index contributed by atoms with van der Waals surface area (Å²) in [5.74, 6) is 3.32. The number of carboxylic acids is 1. The molecule has 8 nitrogen and oxygen atoms in total. The highest BCUT2D eigenvalue weighted by atomic mass is 16.4. The van der Waals surface area contributed by atoms with Crippen molar-refractivity contribution >= 4 is 29.6 Å². The van der Waals surface area contributed by atoms with Crippen LogP contribution in [0, 0.1) is 5.92 Å².